The number of nitrogens with zero attached hydrogens (tertiary/aromatic N) is 4. The van der Waals surface area contributed by atoms with Gasteiger partial charge in [0.15, 0.2) is 0 Å². The van der Waals surface area contributed by atoms with Crippen molar-refractivity contribution in [3.63, 3.8) is 0 Å². The minimum atomic E-state index is 0. The van der Waals surface area contributed by atoms with Crippen molar-refractivity contribution in [3.8, 4) is 11.3 Å². The molecule has 8 nitrogen and oxygen atoms in total. The number of piperazine rings is 1. The van der Waals surface area contributed by atoms with E-state index in [-0.39, 0.29) is 31.2 Å². The highest BCUT2D eigenvalue weighted by Crippen LogP contribution is 2.31. The van der Waals surface area contributed by atoms with Crippen molar-refractivity contribution >= 4 is 34.4 Å². The van der Waals surface area contributed by atoms with Gasteiger partial charge in [-0.2, -0.15) is 0 Å². The molecule has 4 heterocycles. The van der Waals surface area contributed by atoms with Gasteiger partial charge in [0.1, 0.15) is 11.5 Å². The van der Waals surface area contributed by atoms with Crippen LogP contribution in [0.3, 0.4) is 0 Å². The second-order valence-electron chi connectivity index (χ2n) is 10.1. The highest BCUT2D eigenvalue weighted by atomic mass is 16.2. The summed E-state index contributed by atoms with van der Waals surface area (Å²) >= 11 is 0. The molecule has 0 bridgehead atoms. The van der Waals surface area contributed by atoms with Gasteiger partial charge in [0, 0.05) is 56.6 Å². The standard InChI is InChI=1S/C27H34N6O2.H2/c1-17-15-32(16-18(2)33(17)19(3)34)25-11-7-10-24(31-25)23-14-29-26-22(23)12-21(13-28-26)30-27(35)20-8-5-4-6-9-20;/h7,10-14,17-18,20H,4-6,8-9,15-16H2,1-3H3,(H,28,29)(H,30,35);1H/t17-,18+;. The number of pyridine rings is 2. The Kier molecular flexibility index (Phi) is 6.45. The Labute approximate surface area is 207 Å². The molecule has 8 heteroatoms. The van der Waals surface area contributed by atoms with Crippen LogP contribution in [0.15, 0.2) is 36.7 Å². The van der Waals surface area contributed by atoms with Crippen LogP contribution in [0.2, 0.25) is 0 Å². The summed E-state index contributed by atoms with van der Waals surface area (Å²) < 4.78 is 0. The molecule has 2 N–H and O–H groups in total. The Balaban J connectivity index is 0.00000304. The van der Waals surface area contributed by atoms with E-state index in [4.69, 9.17) is 4.98 Å². The Morgan fingerprint density at radius 1 is 1.11 bits per heavy atom. The fourth-order valence-electron chi connectivity index (χ4n) is 5.77. The molecule has 1 saturated heterocycles. The summed E-state index contributed by atoms with van der Waals surface area (Å²) in [5.74, 6) is 1.20. The van der Waals surface area contributed by atoms with Crippen molar-refractivity contribution < 1.29 is 11.0 Å². The molecule has 0 unspecified atom stereocenters. The van der Waals surface area contributed by atoms with Crippen molar-refractivity contribution in [2.24, 2.45) is 5.92 Å². The lowest BCUT2D eigenvalue weighted by molar-refractivity contribution is -0.133. The maximum Gasteiger partial charge on any atom is 0.227 e. The van der Waals surface area contributed by atoms with Gasteiger partial charge in [-0.1, -0.05) is 25.3 Å². The Morgan fingerprint density at radius 2 is 1.86 bits per heavy atom. The molecule has 186 valence electrons. The largest absolute Gasteiger partial charge is 0.352 e. The number of H-pyrrole nitrogens is 1. The van der Waals surface area contributed by atoms with Crippen LogP contribution in [0.25, 0.3) is 22.3 Å². The van der Waals surface area contributed by atoms with E-state index in [9.17, 15) is 9.59 Å². The molecule has 35 heavy (non-hydrogen) atoms. The first-order chi connectivity index (χ1) is 16.9. The first kappa shape index (κ1) is 23.3. The first-order valence-corrected chi connectivity index (χ1v) is 12.7. The van der Waals surface area contributed by atoms with Crippen LogP contribution in [-0.4, -0.2) is 56.8 Å². The number of anilines is 2. The van der Waals surface area contributed by atoms with E-state index in [1.807, 2.05) is 35.4 Å². The predicted molar refractivity (Wildman–Crippen MR) is 140 cm³/mol. The number of rotatable bonds is 4. The highest BCUT2D eigenvalue weighted by molar-refractivity contribution is 5.98. The topological polar surface area (TPSA) is 94.2 Å². The van der Waals surface area contributed by atoms with E-state index in [0.717, 1.165) is 66.9 Å². The van der Waals surface area contributed by atoms with Gasteiger partial charge in [-0.05, 0) is 44.9 Å². The van der Waals surface area contributed by atoms with Gasteiger partial charge in [-0.3, -0.25) is 9.59 Å². The molecule has 0 spiro atoms. The van der Waals surface area contributed by atoms with Crippen LogP contribution in [0, 0.1) is 5.92 Å². The lowest BCUT2D eigenvalue weighted by Gasteiger charge is -2.44. The summed E-state index contributed by atoms with van der Waals surface area (Å²) in [6.45, 7) is 7.30. The number of aromatic amines is 1. The zero-order valence-corrected chi connectivity index (χ0v) is 20.8. The van der Waals surface area contributed by atoms with Gasteiger partial charge in [-0.25, -0.2) is 9.97 Å². The first-order valence-electron chi connectivity index (χ1n) is 12.7. The van der Waals surface area contributed by atoms with Crippen molar-refractivity contribution in [1.29, 1.82) is 0 Å². The average molecular weight is 477 g/mol. The number of hydrogen-bond donors (Lipinski definition) is 2. The molecular weight excluding hydrogens is 440 g/mol. The van der Waals surface area contributed by atoms with E-state index in [0.29, 0.717) is 5.69 Å². The number of hydrogen-bond acceptors (Lipinski definition) is 5. The van der Waals surface area contributed by atoms with Crippen LogP contribution < -0.4 is 10.2 Å². The molecule has 5 rings (SSSR count). The molecule has 0 radical (unpaired) electrons. The quantitative estimate of drug-likeness (QED) is 0.562. The lowest BCUT2D eigenvalue weighted by atomic mass is 9.88. The minimum Gasteiger partial charge on any atom is -0.352 e. The summed E-state index contributed by atoms with van der Waals surface area (Å²) in [6.07, 6.45) is 9.04. The Morgan fingerprint density at radius 3 is 2.57 bits per heavy atom. The zero-order chi connectivity index (χ0) is 24.5. The monoisotopic (exact) mass is 476 g/mol. The summed E-state index contributed by atoms with van der Waals surface area (Å²) in [5, 5.41) is 4.01. The van der Waals surface area contributed by atoms with E-state index in [2.05, 4.69) is 34.0 Å². The van der Waals surface area contributed by atoms with Gasteiger partial charge in [0.05, 0.1) is 17.6 Å². The smallest absolute Gasteiger partial charge is 0.227 e. The summed E-state index contributed by atoms with van der Waals surface area (Å²) in [4.78, 5) is 41.7. The molecule has 2 amide bonds. The molecule has 2 atom stereocenters. The third-order valence-electron chi connectivity index (χ3n) is 7.39. The van der Waals surface area contributed by atoms with Crippen LogP contribution in [-0.2, 0) is 9.59 Å². The van der Waals surface area contributed by atoms with Crippen LogP contribution >= 0.6 is 0 Å². The van der Waals surface area contributed by atoms with Gasteiger partial charge >= 0.3 is 0 Å². The fourth-order valence-corrected chi connectivity index (χ4v) is 5.77. The number of nitrogens with one attached hydrogen (secondary N) is 2. The van der Waals surface area contributed by atoms with Crippen molar-refractivity contribution in [2.75, 3.05) is 23.3 Å². The average Bonchev–Trinajstić information content (AvgIpc) is 3.27. The van der Waals surface area contributed by atoms with Crippen LogP contribution in [0.5, 0.6) is 0 Å². The molecule has 3 aromatic heterocycles. The summed E-state index contributed by atoms with van der Waals surface area (Å²) in [7, 11) is 0. The van der Waals surface area contributed by atoms with Crippen LogP contribution in [0.1, 0.15) is 54.3 Å². The molecule has 0 aromatic carbocycles. The Hall–Kier alpha value is -3.42. The lowest BCUT2D eigenvalue weighted by Crippen LogP contribution is -2.58. The molecule has 1 aliphatic heterocycles. The number of fused-ring (bicyclic) bond motifs is 1. The van der Waals surface area contributed by atoms with E-state index in [1.165, 1.54) is 6.42 Å². The SMILES string of the molecule is CC(=O)N1[C@H](C)CN(c2cccc(-c3c[nH]c4ncc(NC(=O)C5CCCCC5)cc34)n2)C[C@@H]1C.[HH]. The fraction of sp³-hybridized carbons (Fsp3) is 0.481. The van der Waals surface area contributed by atoms with Gasteiger partial charge in [-0.15, -0.1) is 0 Å². The second kappa shape index (κ2) is 9.68. The Bertz CT molecular complexity index is 1230. The molecular formula is C27H36N6O2. The number of amides is 2. The van der Waals surface area contributed by atoms with E-state index in [1.54, 1.807) is 13.1 Å². The summed E-state index contributed by atoms with van der Waals surface area (Å²) in [5.41, 5.74) is 3.28. The minimum absolute atomic E-state index is 0. The highest BCUT2D eigenvalue weighted by Gasteiger charge is 2.31. The molecule has 2 fully saturated rings. The normalized spacial score (nSPS) is 21.3. The maximum absolute atomic E-state index is 12.7. The van der Waals surface area contributed by atoms with E-state index < -0.39 is 0 Å². The van der Waals surface area contributed by atoms with Crippen molar-refractivity contribution in [3.05, 3.63) is 36.7 Å². The predicted octanol–water partition coefficient (Wildman–Crippen LogP) is 4.84. The molecule has 1 saturated carbocycles. The zero-order valence-electron chi connectivity index (χ0n) is 20.8. The number of carbonyl (C=O) groups is 2. The number of carbonyl (C=O) groups excluding carboxylic acids is 2. The van der Waals surface area contributed by atoms with Gasteiger partial charge < -0.3 is 20.1 Å². The number of aromatic nitrogens is 3. The molecule has 1 aliphatic carbocycles. The maximum atomic E-state index is 12.7. The van der Waals surface area contributed by atoms with Gasteiger partial charge in [0.2, 0.25) is 11.8 Å². The molecule has 2 aliphatic rings. The van der Waals surface area contributed by atoms with E-state index >= 15 is 0 Å². The van der Waals surface area contributed by atoms with Crippen molar-refractivity contribution in [2.45, 2.75) is 65.0 Å². The third-order valence-corrected chi connectivity index (χ3v) is 7.39. The van der Waals surface area contributed by atoms with Crippen LogP contribution in [0.4, 0.5) is 11.5 Å². The van der Waals surface area contributed by atoms with Crippen molar-refractivity contribution in [1.82, 2.24) is 19.9 Å². The second-order valence-corrected chi connectivity index (χ2v) is 10.1. The van der Waals surface area contributed by atoms with Gasteiger partial charge in [0.25, 0.3) is 0 Å². The molecule has 3 aromatic rings. The summed E-state index contributed by atoms with van der Waals surface area (Å²) in [6, 6.07) is 8.26. The third kappa shape index (κ3) is 4.74.